The molecule has 1 aromatic rings. The number of rotatable bonds is 5. The van der Waals surface area contributed by atoms with Gasteiger partial charge in [0, 0.05) is 51.9 Å². The molecule has 0 radical (unpaired) electrons. The largest absolute Gasteiger partial charge is 0.395 e. The molecular weight excluding hydrogens is 244 g/mol. The second-order valence-electron chi connectivity index (χ2n) is 4.98. The molecule has 1 N–H and O–H groups in total. The summed E-state index contributed by atoms with van der Waals surface area (Å²) in [6.07, 6.45) is 4.26. The first-order chi connectivity index (χ1) is 9.19. The molecule has 2 rings (SSSR count). The van der Waals surface area contributed by atoms with Crippen molar-refractivity contribution in [3.8, 4) is 0 Å². The number of carbonyl (C=O) groups excluding carboxylic acids is 1. The number of aliphatic hydroxyl groups is 1. The highest BCUT2D eigenvalue weighted by atomic mass is 16.3. The lowest BCUT2D eigenvalue weighted by atomic mass is 10.2. The van der Waals surface area contributed by atoms with Gasteiger partial charge in [0.25, 0.3) is 0 Å². The van der Waals surface area contributed by atoms with E-state index in [2.05, 4.69) is 10.00 Å². The number of aromatic nitrogens is 2. The van der Waals surface area contributed by atoms with Gasteiger partial charge < -0.3 is 10.0 Å². The topological polar surface area (TPSA) is 61.6 Å². The van der Waals surface area contributed by atoms with Crippen LogP contribution in [0.2, 0.25) is 0 Å². The minimum atomic E-state index is 0.187. The Hall–Kier alpha value is -1.40. The Morgan fingerprint density at radius 2 is 2.05 bits per heavy atom. The average Bonchev–Trinajstić information content (AvgIpc) is 2.83. The summed E-state index contributed by atoms with van der Waals surface area (Å²) in [5.74, 6) is 0.191. The second-order valence-corrected chi connectivity index (χ2v) is 4.98. The van der Waals surface area contributed by atoms with Gasteiger partial charge in [0.2, 0.25) is 5.91 Å². The molecule has 0 unspecified atom stereocenters. The number of β-amino-alcohol motifs (C(OH)–C–C–N with tert-alkyl or cyclic N) is 1. The number of aliphatic hydroxyl groups excluding tert-OH is 1. The Kier molecular flexibility index (Phi) is 4.93. The van der Waals surface area contributed by atoms with Crippen LogP contribution < -0.4 is 0 Å². The summed E-state index contributed by atoms with van der Waals surface area (Å²) in [6.45, 7) is 6.75. The molecule has 0 aromatic carbocycles. The fourth-order valence-electron chi connectivity index (χ4n) is 2.32. The average molecular weight is 266 g/mol. The fourth-order valence-corrected chi connectivity index (χ4v) is 2.32. The van der Waals surface area contributed by atoms with Crippen LogP contribution in [-0.4, -0.2) is 69.9 Å². The maximum absolute atomic E-state index is 12.1. The lowest BCUT2D eigenvalue weighted by molar-refractivity contribution is -0.133. The molecule has 1 aromatic heterocycles. The lowest BCUT2D eigenvalue weighted by Gasteiger charge is -2.34. The van der Waals surface area contributed by atoms with Crippen molar-refractivity contribution in [1.29, 1.82) is 0 Å². The first-order valence-corrected chi connectivity index (χ1v) is 6.79. The molecular formula is C13H22N4O2. The van der Waals surface area contributed by atoms with Crippen LogP contribution in [0.4, 0.5) is 0 Å². The molecule has 0 spiro atoms. The number of aryl methyl sites for hydroxylation is 2. The Balaban J connectivity index is 1.72. The molecule has 1 fully saturated rings. The van der Waals surface area contributed by atoms with E-state index in [1.165, 1.54) is 0 Å². The third-order valence-corrected chi connectivity index (χ3v) is 3.46. The van der Waals surface area contributed by atoms with Crippen molar-refractivity contribution in [2.75, 3.05) is 39.3 Å². The van der Waals surface area contributed by atoms with Gasteiger partial charge in [-0.1, -0.05) is 0 Å². The maximum Gasteiger partial charge on any atom is 0.224 e. The Morgan fingerprint density at radius 1 is 1.32 bits per heavy atom. The standard InChI is InChI=1S/C13H22N4O2/c1-12-10-14-17(11-12)3-2-13(19)16-6-4-15(5-7-16)8-9-18/h10-11,18H,2-9H2,1H3. The number of carbonyl (C=O) groups is 1. The highest BCUT2D eigenvalue weighted by Crippen LogP contribution is 2.05. The van der Waals surface area contributed by atoms with Crippen LogP contribution in [0.25, 0.3) is 0 Å². The maximum atomic E-state index is 12.1. The molecule has 0 saturated carbocycles. The predicted octanol–water partition coefficient (Wildman–Crippen LogP) is -0.282. The molecule has 0 atom stereocenters. The van der Waals surface area contributed by atoms with Gasteiger partial charge >= 0.3 is 0 Å². The lowest BCUT2D eigenvalue weighted by Crippen LogP contribution is -2.49. The van der Waals surface area contributed by atoms with E-state index in [1.807, 2.05) is 22.7 Å². The van der Waals surface area contributed by atoms with Gasteiger partial charge in [0.15, 0.2) is 0 Å². The van der Waals surface area contributed by atoms with Crippen LogP contribution in [0, 0.1) is 6.92 Å². The Morgan fingerprint density at radius 3 is 2.63 bits per heavy atom. The van der Waals surface area contributed by atoms with E-state index in [0.29, 0.717) is 19.5 Å². The second kappa shape index (κ2) is 6.68. The van der Waals surface area contributed by atoms with Crippen LogP contribution in [0.3, 0.4) is 0 Å². The zero-order valence-corrected chi connectivity index (χ0v) is 11.5. The zero-order valence-electron chi connectivity index (χ0n) is 11.5. The van der Waals surface area contributed by atoms with Gasteiger partial charge in [0.05, 0.1) is 12.8 Å². The molecule has 19 heavy (non-hydrogen) atoms. The summed E-state index contributed by atoms with van der Waals surface area (Å²) in [5, 5.41) is 13.1. The third kappa shape index (κ3) is 4.04. The van der Waals surface area contributed by atoms with Crippen molar-refractivity contribution in [2.24, 2.45) is 0 Å². The molecule has 0 bridgehead atoms. The summed E-state index contributed by atoms with van der Waals surface area (Å²) in [5.41, 5.74) is 1.12. The van der Waals surface area contributed by atoms with Crippen molar-refractivity contribution < 1.29 is 9.90 Å². The van der Waals surface area contributed by atoms with Crippen LogP contribution in [0.1, 0.15) is 12.0 Å². The minimum Gasteiger partial charge on any atom is -0.395 e. The quantitative estimate of drug-likeness (QED) is 0.796. The predicted molar refractivity (Wildman–Crippen MR) is 71.7 cm³/mol. The van der Waals surface area contributed by atoms with Gasteiger partial charge in [-0.15, -0.1) is 0 Å². The molecule has 1 saturated heterocycles. The summed E-state index contributed by atoms with van der Waals surface area (Å²) >= 11 is 0. The first-order valence-electron chi connectivity index (χ1n) is 6.79. The molecule has 1 aliphatic heterocycles. The number of hydrogen-bond donors (Lipinski definition) is 1. The molecule has 106 valence electrons. The Bertz CT molecular complexity index is 411. The van der Waals surface area contributed by atoms with Crippen LogP contribution >= 0.6 is 0 Å². The van der Waals surface area contributed by atoms with Gasteiger partial charge in [-0.3, -0.25) is 14.4 Å². The first kappa shape index (κ1) is 14.0. The van der Waals surface area contributed by atoms with E-state index in [-0.39, 0.29) is 12.5 Å². The van der Waals surface area contributed by atoms with Gasteiger partial charge in [-0.25, -0.2) is 0 Å². The van der Waals surface area contributed by atoms with Gasteiger partial charge in [-0.05, 0) is 12.5 Å². The summed E-state index contributed by atoms with van der Waals surface area (Å²) in [4.78, 5) is 16.1. The van der Waals surface area contributed by atoms with E-state index < -0.39 is 0 Å². The summed E-state index contributed by atoms with van der Waals surface area (Å²) < 4.78 is 1.81. The van der Waals surface area contributed by atoms with Crippen molar-refractivity contribution in [3.63, 3.8) is 0 Å². The van der Waals surface area contributed by atoms with E-state index in [0.717, 1.165) is 31.7 Å². The van der Waals surface area contributed by atoms with Gasteiger partial charge in [-0.2, -0.15) is 5.10 Å². The zero-order chi connectivity index (χ0) is 13.7. The normalized spacial score (nSPS) is 16.8. The van der Waals surface area contributed by atoms with E-state index in [9.17, 15) is 4.79 Å². The van der Waals surface area contributed by atoms with E-state index in [1.54, 1.807) is 6.20 Å². The van der Waals surface area contributed by atoms with Crippen LogP contribution in [0.15, 0.2) is 12.4 Å². The molecule has 6 nitrogen and oxygen atoms in total. The Labute approximate surface area is 113 Å². The summed E-state index contributed by atoms with van der Waals surface area (Å²) in [6, 6.07) is 0. The van der Waals surface area contributed by atoms with Crippen LogP contribution in [-0.2, 0) is 11.3 Å². The van der Waals surface area contributed by atoms with Crippen molar-refractivity contribution in [2.45, 2.75) is 19.9 Å². The monoisotopic (exact) mass is 266 g/mol. The number of hydrogen-bond acceptors (Lipinski definition) is 4. The SMILES string of the molecule is Cc1cnn(CCC(=O)N2CCN(CCO)CC2)c1. The minimum absolute atomic E-state index is 0.187. The van der Waals surface area contributed by atoms with Crippen molar-refractivity contribution in [1.82, 2.24) is 19.6 Å². The number of piperazine rings is 1. The molecule has 1 aliphatic rings. The number of amides is 1. The highest BCUT2D eigenvalue weighted by molar-refractivity contribution is 5.76. The van der Waals surface area contributed by atoms with Gasteiger partial charge in [0.1, 0.15) is 0 Å². The fraction of sp³-hybridized carbons (Fsp3) is 0.692. The summed E-state index contributed by atoms with van der Waals surface area (Å²) in [7, 11) is 0. The molecule has 2 heterocycles. The van der Waals surface area contributed by atoms with E-state index in [4.69, 9.17) is 5.11 Å². The van der Waals surface area contributed by atoms with E-state index >= 15 is 0 Å². The molecule has 1 amide bonds. The van der Waals surface area contributed by atoms with Crippen molar-refractivity contribution in [3.05, 3.63) is 18.0 Å². The van der Waals surface area contributed by atoms with Crippen molar-refractivity contribution >= 4 is 5.91 Å². The van der Waals surface area contributed by atoms with Crippen LogP contribution in [0.5, 0.6) is 0 Å². The molecule has 0 aliphatic carbocycles. The number of nitrogens with zero attached hydrogens (tertiary/aromatic N) is 4. The highest BCUT2D eigenvalue weighted by Gasteiger charge is 2.20. The third-order valence-electron chi connectivity index (χ3n) is 3.46. The molecule has 6 heteroatoms. The smallest absolute Gasteiger partial charge is 0.224 e.